The number of nitrogens with one attached hydrogen (secondary N) is 3. The number of amides is 1. The van der Waals surface area contributed by atoms with Gasteiger partial charge in [-0.15, -0.1) is 0 Å². The van der Waals surface area contributed by atoms with Crippen LogP contribution in [0.4, 0.5) is 22.7 Å². The molecule has 0 bridgehead atoms. The van der Waals surface area contributed by atoms with Gasteiger partial charge in [-0.3, -0.25) is 4.79 Å². The predicted molar refractivity (Wildman–Crippen MR) is 123 cm³/mol. The lowest BCUT2D eigenvalue weighted by molar-refractivity contribution is 0.102. The van der Waals surface area contributed by atoms with Gasteiger partial charge in [0.1, 0.15) is 0 Å². The van der Waals surface area contributed by atoms with E-state index in [4.69, 9.17) is 5.11 Å². The maximum Gasteiger partial charge on any atom is 0.255 e. The van der Waals surface area contributed by atoms with E-state index in [0.717, 1.165) is 33.7 Å². The van der Waals surface area contributed by atoms with E-state index >= 15 is 0 Å². The van der Waals surface area contributed by atoms with Gasteiger partial charge in [-0.05, 0) is 72.8 Å². The summed E-state index contributed by atoms with van der Waals surface area (Å²) in [5, 5.41) is 19.5. The van der Waals surface area contributed by atoms with Gasteiger partial charge in [-0.1, -0.05) is 0 Å². The average molecular weight is 400 g/mol. The summed E-state index contributed by atoms with van der Waals surface area (Å²) >= 11 is 0. The van der Waals surface area contributed by atoms with Crippen LogP contribution in [0.15, 0.2) is 79.0 Å². The first kappa shape index (κ1) is 19.5. The van der Waals surface area contributed by atoms with Crippen molar-refractivity contribution in [2.75, 3.05) is 29.6 Å². The third-order valence-corrected chi connectivity index (χ3v) is 4.98. The van der Waals surface area contributed by atoms with Crippen LogP contribution in [0, 0.1) is 0 Å². The molecule has 6 heteroatoms. The Bertz CT molecular complexity index is 1150. The molecule has 0 unspecified atom stereocenters. The SMILES string of the molecule is CNc1ccc(Nc2ccc(NC(=O)c3ccc4c(ccn4CCO)c3)cc2)cc1. The molecule has 0 aliphatic heterocycles. The molecule has 152 valence electrons. The Kier molecular flexibility index (Phi) is 5.68. The molecule has 0 atom stereocenters. The zero-order valence-corrected chi connectivity index (χ0v) is 16.7. The number of benzene rings is 3. The zero-order chi connectivity index (χ0) is 20.9. The van der Waals surface area contributed by atoms with Crippen molar-refractivity contribution in [2.45, 2.75) is 6.54 Å². The van der Waals surface area contributed by atoms with Gasteiger partial charge in [0.05, 0.1) is 6.61 Å². The summed E-state index contributed by atoms with van der Waals surface area (Å²) < 4.78 is 1.97. The van der Waals surface area contributed by atoms with Crippen molar-refractivity contribution >= 4 is 39.6 Å². The monoisotopic (exact) mass is 400 g/mol. The molecule has 0 saturated carbocycles. The van der Waals surface area contributed by atoms with Crippen LogP contribution in [0.1, 0.15) is 10.4 Å². The molecule has 4 rings (SSSR count). The normalized spacial score (nSPS) is 10.7. The van der Waals surface area contributed by atoms with Crippen LogP contribution in [0.2, 0.25) is 0 Å². The Morgan fingerprint density at radius 1 is 0.867 bits per heavy atom. The summed E-state index contributed by atoms with van der Waals surface area (Å²) in [7, 11) is 1.89. The summed E-state index contributed by atoms with van der Waals surface area (Å²) in [5.74, 6) is -0.157. The maximum atomic E-state index is 12.6. The molecular formula is C24H24N4O2. The molecule has 0 spiro atoms. The average Bonchev–Trinajstić information content (AvgIpc) is 3.18. The van der Waals surface area contributed by atoms with E-state index in [1.807, 2.05) is 84.5 Å². The lowest BCUT2D eigenvalue weighted by atomic mass is 10.1. The molecule has 0 aliphatic rings. The predicted octanol–water partition coefficient (Wildman–Crippen LogP) is 4.67. The van der Waals surface area contributed by atoms with Crippen LogP contribution < -0.4 is 16.0 Å². The number of carbonyl (C=O) groups is 1. The molecule has 1 amide bonds. The lowest BCUT2D eigenvalue weighted by Gasteiger charge is -2.10. The lowest BCUT2D eigenvalue weighted by Crippen LogP contribution is -2.11. The number of fused-ring (bicyclic) bond motifs is 1. The van der Waals surface area contributed by atoms with Crippen LogP contribution in [0.25, 0.3) is 10.9 Å². The highest BCUT2D eigenvalue weighted by Gasteiger charge is 2.09. The second kappa shape index (κ2) is 8.71. The van der Waals surface area contributed by atoms with Gasteiger partial charge in [0.2, 0.25) is 0 Å². The number of nitrogens with zero attached hydrogens (tertiary/aromatic N) is 1. The number of aliphatic hydroxyl groups excluding tert-OH is 1. The minimum Gasteiger partial charge on any atom is -0.395 e. The van der Waals surface area contributed by atoms with Crippen LogP contribution >= 0.6 is 0 Å². The fourth-order valence-corrected chi connectivity index (χ4v) is 3.37. The summed E-state index contributed by atoms with van der Waals surface area (Å²) in [5.41, 5.74) is 5.31. The van der Waals surface area contributed by atoms with Gasteiger partial charge in [0.15, 0.2) is 0 Å². The van der Waals surface area contributed by atoms with Gasteiger partial charge in [-0.25, -0.2) is 0 Å². The summed E-state index contributed by atoms with van der Waals surface area (Å²) in [6.45, 7) is 0.618. The highest BCUT2D eigenvalue weighted by molar-refractivity contribution is 6.06. The van der Waals surface area contributed by atoms with Crippen molar-refractivity contribution < 1.29 is 9.90 Å². The van der Waals surface area contributed by atoms with Gasteiger partial charge in [0, 0.05) is 59.0 Å². The van der Waals surface area contributed by atoms with Crippen molar-refractivity contribution in [3.8, 4) is 0 Å². The summed E-state index contributed by atoms with van der Waals surface area (Å²) in [4.78, 5) is 12.6. The number of carbonyl (C=O) groups excluding carboxylic acids is 1. The molecule has 0 radical (unpaired) electrons. The first-order chi connectivity index (χ1) is 14.7. The molecule has 1 heterocycles. The molecule has 1 aromatic heterocycles. The molecule has 4 N–H and O–H groups in total. The standard InChI is InChI=1S/C24H24N4O2/c1-25-19-3-5-20(6-4-19)26-21-7-9-22(10-8-21)27-24(30)18-2-11-23-17(16-18)12-13-28(23)14-15-29/h2-13,16,25-26,29H,14-15H2,1H3,(H,27,30). The van der Waals surface area contributed by atoms with Crippen molar-refractivity contribution in [1.82, 2.24) is 4.57 Å². The first-order valence-corrected chi connectivity index (χ1v) is 9.82. The summed E-state index contributed by atoms with van der Waals surface area (Å²) in [6, 6.07) is 23.2. The minimum absolute atomic E-state index is 0.0815. The Labute approximate surface area is 175 Å². The molecule has 0 saturated heterocycles. The topological polar surface area (TPSA) is 78.3 Å². The number of rotatable bonds is 7. The third-order valence-electron chi connectivity index (χ3n) is 4.98. The highest BCUT2D eigenvalue weighted by atomic mass is 16.3. The molecule has 0 aliphatic carbocycles. The van der Waals surface area contributed by atoms with Crippen molar-refractivity contribution in [2.24, 2.45) is 0 Å². The van der Waals surface area contributed by atoms with Crippen molar-refractivity contribution in [3.63, 3.8) is 0 Å². The van der Waals surface area contributed by atoms with Gasteiger partial charge >= 0.3 is 0 Å². The molecule has 4 aromatic rings. The summed E-state index contributed by atoms with van der Waals surface area (Å²) in [6.07, 6.45) is 1.92. The molecule has 30 heavy (non-hydrogen) atoms. The molecular weight excluding hydrogens is 376 g/mol. The smallest absolute Gasteiger partial charge is 0.255 e. The van der Waals surface area contributed by atoms with Crippen LogP contribution in [-0.2, 0) is 6.54 Å². The van der Waals surface area contributed by atoms with E-state index in [9.17, 15) is 4.79 Å². The Morgan fingerprint density at radius 3 is 2.13 bits per heavy atom. The highest BCUT2D eigenvalue weighted by Crippen LogP contribution is 2.22. The molecule has 3 aromatic carbocycles. The Morgan fingerprint density at radius 2 is 1.50 bits per heavy atom. The van der Waals surface area contributed by atoms with Gasteiger partial charge < -0.3 is 25.6 Å². The second-order valence-corrected chi connectivity index (χ2v) is 6.99. The quantitative estimate of drug-likeness (QED) is 0.363. The van der Waals surface area contributed by atoms with Crippen LogP contribution in [0.5, 0.6) is 0 Å². The van der Waals surface area contributed by atoms with E-state index < -0.39 is 0 Å². The number of anilines is 4. The number of hydrogen-bond donors (Lipinski definition) is 4. The Hall–Kier alpha value is -3.77. The van der Waals surface area contributed by atoms with Gasteiger partial charge in [-0.2, -0.15) is 0 Å². The number of aliphatic hydroxyl groups is 1. The van der Waals surface area contributed by atoms with Gasteiger partial charge in [0.25, 0.3) is 5.91 Å². The molecule has 6 nitrogen and oxygen atoms in total. The van der Waals surface area contributed by atoms with E-state index in [0.29, 0.717) is 12.1 Å². The van der Waals surface area contributed by atoms with Crippen molar-refractivity contribution in [3.05, 3.63) is 84.6 Å². The minimum atomic E-state index is -0.157. The third kappa shape index (κ3) is 4.29. The second-order valence-electron chi connectivity index (χ2n) is 6.99. The number of hydrogen-bond acceptors (Lipinski definition) is 4. The van der Waals surface area contributed by atoms with E-state index in [1.54, 1.807) is 6.07 Å². The van der Waals surface area contributed by atoms with Crippen LogP contribution in [-0.4, -0.2) is 29.2 Å². The largest absolute Gasteiger partial charge is 0.395 e. The molecule has 0 fully saturated rings. The van der Waals surface area contributed by atoms with Crippen LogP contribution in [0.3, 0.4) is 0 Å². The Balaban J connectivity index is 1.42. The zero-order valence-electron chi connectivity index (χ0n) is 16.7. The van der Waals surface area contributed by atoms with E-state index in [1.165, 1.54) is 0 Å². The fraction of sp³-hybridized carbons (Fsp3) is 0.125. The maximum absolute atomic E-state index is 12.6. The first-order valence-electron chi connectivity index (χ1n) is 9.82. The number of aromatic nitrogens is 1. The fourth-order valence-electron chi connectivity index (χ4n) is 3.37. The van der Waals surface area contributed by atoms with E-state index in [-0.39, 0.29) is 12.5 Å². The van der Waals surface area contributed by atoms with Crippen molar-refractivity contribution in [1.29, 1.82) is 0 Å². The van der Waals surface area contributed by atoms with E-state index in [2.05, 4.69) is 16.0 Å².